The first-order valence-electron chi connectivity index (χ1n) is 6.94. The Balaban J connectivity index is 1.70. The Morgan fingerprint density at radius 2 is 2.00 bits per heavy atom. The van der Waals surface area contributed by atoms with Gasteiger partial charge in [-0.3, -0.25) is 4.79 Å². The summed E-state index contributed by atoms with van der Waals surface area (Å²) in [4.78, 5) is 16.1. The lowest BCUT2D eigenvalue weighted by atomic mass is 10.1. The predicted molar refractivity (Wildman–Crippen MR) is 81.7 cm³/mol. The van der Waals surface area contributed by atoms with Crippen molar-refractivity contribution in [3.8, 4) is 11.3 Å². The minimum atomic E-state index is -1.01. The van der Waals surface area contributed by atoms with Crippen LogP contribution in [0.25, 0.3) is 11.3 Å². The zero-order valence-corrected chi connectivity index (χ0v) is 12.3. The molecule has 0 saturated heterocycles. The van der Waals surface area contributed by atoms with Gasteiger partial charge in [-0.25, -0.2) is 13.8 Å². The number of halogens is 2. The lowest BCUT2D eigenvalue weighted by Gasteiger charge is -2.02. The normalized spacial score (nSPS) is 10.6. The van der Waals surface area contributed by atoms with Gasteiger partial charge in [0.1, 0.15) is 5.82 Å². The van der Waals surface area contributed by atoms with Crippen molar-refractivity contribution in [1.29, 1.82) is 0 Å². The second kappa shape index (κ2) is 6.45. The molecule has 1 aromatic carbocycles. The number of nitrogens with two attached hydrogens (primary N) is 1. The molecule has 0 unspecified atom stereocenters. The highest BCUT2D eigenvalue weighted by Gasteiger charge is 2.15. The van der Waals surface area contributed by atoms with Crippen LogP contribution in [0.5, 0.6) is 0 Å². The van der Waals surface area contributed by atoms with E-state index in [4.69, 9.17) is 10.3 Å². The van der Waals surface area contributed by atoms with Crippen molar-refractivity contribution in [2.75, 3.05) is 5.73 Å². The van der Waals surface area contributed by atoms with Crippen LogP contribution in [-0.2, 0) is 6.54 Å². The molecule has 3 rings (SSSR count). The van der Waals surface area contributed by atoms with Crippen LogP contribution in [0.2, 0.25) is 0 Å². The van der Waals surface area contributed by atoms with E-state index in [2.05, 4.69) is 15.5 Å². The van der Waals surface area contributed by atoms with E-state index in [1.54, 1.807) is 18.2 Å². The van der Waals surface area contributed by atoms with Crippen LogP contribution in [0.3, 0.4) is 0 Å². The average Bonchev–Trinajstić information content (AvgIpc) is 3.05. The number of amides is 1. The standard InChI is InChI=1S/C16H12F2N4O2/c17-11-5-4-9(6-12(11)18)14-7-13(22-24-14)16(23)20-8-10-2-1-3-15(19)21-10/h1-7H,8H2,(H2,19,21)(H,20,23). The van der Waals surface area contributed by atoms with Gasteiger partial charge in [-0.05, 0) is 30.3 Å². The van der Waals surface area contributed by atoms with Crippen LogP contribution in [-0.4, -0.2) is 16.0 Å². The van der Waals surface area contributed by atoms with E-state index in [0.717, 1.165) is 12.1 Å². The Bertz CT molecular complexity index is 895. The molecule has 0 radical (unpaired) electrons. The number of hydrogen-bond donors (Lipinski definition) is 2. The molecular formula is C16H12F2N4O2. The monoisotopic (exact) mass is 330 g/mol. The van der Waals surface area contributed by atoms with Gasteiger partial charge >= 0.3 is 0 Å². The van der Waals surface area contributed by atoms with Crippen LogP contribution < -0.4 is 11.1 Å². The molecule has 1 amide bonds. The summed E-state index contributed by atoms with van der Waals surface area (Å²) in [6.45, 7) is 0.164. The average molecular weight is 330 g/mol. The third-order valence-electron chi connectivity index (χ3n) is 3.21. The molecule has 0 atom stereocenters. The van der Waals surface area contributed by atoms with Gasteiger partial charge in [0, 0.05) is 11.6 Å². The third-order valence-corrected chi connectivity index (χ3v) is 3.21. The number of hydrogen-bond acceptors (Lipinski definition) is 5. The summed E-state index contributed by atoms with van der Waals surface area (Å²) >= 11 is 0. The van der Waals surface area contributed by atoms with E-state index in [0.29, 0.717) is 11.5 Å². The fourth-order valence-electron chi connectivity index (χ4n) is 2.03. The summed E-state index contributed by atoms with van der Waals surface area (Å²) in [5.41, 5.74) is 6.44. The highest BCUT2D eigenvalue weighted by atomic mass is 19.2. The van der Waals surface area contributed by atoms with E-state index in [-0.39, 0.29) is 23.6 Å². The number of benzene rings is 1. The number of carbonyl (C=O) groups excluding carboxylic acids is 1. The quantitative estimate of drug-likeness (QED) is 0.766. The van der Waals surface area contributed by atoms with Crippen molar-refractivity contribution >= 4 is 11.7 Å². The summed E-state index contributed by atoms with van der Waals surface area (Å²) in [5, 5.41) is 6.24. The Labute approximate surface area is 135 Å². The number of anilines is 1. The minimum Gasteiger partial charge on any atom is -0.384 e. The Morgan fingerprint density at radius 3 is 2.75 bits per heavy atom. The predicted octanol–water partition coefficient (Wildman–Crippen LogP) is 2.53. The summed E-state index contributed by atoms with van der Waals surface area (Å²) in [6, 6.07) is 9.68. The molecule has 0 aliphatic heterocycles. The van der Waals surface area contributed by atoms with Gasteiger partial charge in [0.25, 0.3) is 5.91 Å². The number of aromatic nitrogens is 2. The Hall–Kier alpha value is -3.29. The van der Waals surface area contributed by atoms with Crippen LogP contribution >= 0.6 is 0 Å². The Morgan fingerprint density at radius 1 is 1.17 bits per heavy atom. The van der Waals surface area contributed by atoms with Gasteiger partial charge in [0.15, 0.2) is 23.1 Å². The molecule has 0 aliphatic carbocycles. The van der Waals surface area contributed by atoms with E-state index in [9.17, 15) is 13.6 Å². The zero-order chi connectivity index (χ0) is 17.1. The van der Waals surface area contributed by atoms with Gasteiger partial charge in [-0.15, -0.1) is 0 Å². The van der Waals surface area contributed by atoms with Crippen LogP contribution in [0.4, 0.5) is 14.6 Å². The van der Waals surface area contributed by atoms with Crippen molar-refractivity contribution in [1.82, 2.24) is 15.5 Å². The molecular weight excluding hydrogens is 318 g/mol. The number of nitrogens with zero attached hydrogens (tertiary/aromatic N) is 2. The van der Waals surface area contributed by atoms with Gasteiger partial charge in [0.05, 0.1) is 12.2 Å². The topological polar surface area (TPSA) is 94.0 Å². The molecule has 24 heavy (non-hydrogen) atoms. The summed E-state index contributed by atoms with van der Waals surface area (Å²) in [6.07, 6.45) is 0. The SMILES string of the molecule is Nc1cccc(CNC(=O)c2cc(-c3ccc(F)c(F)c3)on2)n1. The fraction of sp³-hybridized carbons (Fsp3) is 0.0625. The maximum absolute atomic E-state index is 13.2. The molecule has 3 aromatic rings. The molecule has 6 nitrogen and oxygen atoms in total. The van der Waals surface area contributed by atoms with Gasteiger partial charge < -0.3 is 15.6 Å². The van der Waals surface area contributed by atoms with Crippen molar-refractivity contribution in [2.24, 2.45) is 0 Å². The van der Waals surface area contributed by atoms with E-state index in [1.807, 2.05) is 0 Å². The summed E-state index contributed by atoms with van der Waals surface area (Å²) < 4.78 is 31.2. The lowest BCUT2D eigenvalue weighted by molar-refractivity contribution is 0.0941. The first kappa shape index (κ1) is 15.6. The zero-order valence-electron chi connectivity index (χ0n) is 12.3. The first-order valence-corrected chi connectivity index (χ1v) is 6.94. The van der Waals surface area contributed by atoms with Crippen molar-refractivity contribution < 1.29 is 18.1 Å². The van der Waals surface area contributed by atoms with Gasteiger partial charge in [0.2, 0.25) is 0 Å². The summed E-state index contributed by atoms with van der Waals surface area (Å²) in [5.74, 6) is -1.96. The summed E-state index contributed by atoms with van der Waals surface area (Å²) in [7, 11) is 0. The molecule has 3 N–H and O–H groups in total. The van der Waals surface area contributed by atoms with Crippen molar-refractivity contribution in [3.63, 3.8) is 0 Å². The maximum Gasteiger partial charge on any atom is 0.273 e. The third kappa shape index (κ3) is 3.37. The fourth-order valence-corrected chi connectivity index (χ4v) is 2.03. The second-order valence-electron chi connectivity index (χ2n) is 4.94. The molecule has 0 aliphatic rings. The number of rotatable bonds is 4. The van der Waals surface area contributed by atoms with Crippen LogP contribution in [0.15, 0.2) is 47.0 Å². The number of carbonyl (C=O) groups is 1. The molecule has 0 spiro atoms. The highest BCUT2D eigenvalue weighted by molar-refractivity contribution is 5.93. The smallest absolute Gasteiger partial charge is 0.273 e. The molecule has 122 valence electrons. The number of pyridine rings is 1. The molecule has 0 bridgehead atoms. The van der Waals surface area contributed by atoms with Gasteiger partial charge in [-0.2, -0.15) is 0 Å². The molecule has 2 heterocycles. The van der Waals surface area contributed by atoms with Gasteiger partial charge in [-0.1, -0.05) is 11.2 Å². The lowest BCUT2D eigenvalue weighted by Crippen LogP contribution is -2.23. The molecule has 2 aromatic heterocycles. The van der Waals surface area contributed by atoms with E-state index in [1.165, 1.54) is 12.1 Å². The first-order chi connectivity index (χ1) is 11.5. The highest BCUT2D eigenvalue weighted by Crippen LogP contribution is 2.22. The van der Waals surface area contributed by atoms with Crippen molar-refractivity contribution in [3.05, 3.63) is 65.5 Å². The molecule has 0 fully saturated rings. The Kier molecular flexibility index (Phi) is 4.19. The van der Waals surface area contributed by atoms with Crippen molar-refractivity contribution in [2.45, 2.75) is 6.54 Å². The number of nitrogen functional groups attached to an aromatic ring is 1. The van der Waals surface area contributed by atoms with E-state index < -0.39 is 17.5 Å². The van der Waals surface area contributed by atoms with Crippen LogP contribution in [0.1, 0.15) is 16.2 Å². The number of nitrogens with one attached hydrogen (secondary N) is 1. The second-order valence-corrected chi connectivity index (χ2v) is 4.94. The van der Waals surface area contributed by atoms with E-state index >= 15 is 0 Å². The maximum atomic E-state index is 13.2. The molecule has 0 saturated carbocycles. The largest absolute Gasteiger partial charge is 0.384 e. The van der Waals surface area contributed by atoms with Crippen LogP contribution in [0, 0.1) is 11.6 Å². The minimum absolute atomic E-state index is 0.0126. The molecule has 8 heteroatoms.